The molecule has 0 saturated carbocycles. The van der Waals surface area contributed by atoms with Crippen LogP contribution in [-0.2, 0) is 4.74 Å². The monoisotopic (exact) mass is 237 g/mol. The molecule has 1 saturated heterocycles. The number of rotatable bonds is 3. The molecule has 0 radical (unpaired) electrons. The molecule has 1 aromatic carbocycles. The van der Waals surface area contributed by atoms with E-state index in [2.05, 4.69) is 0 Å². The van der Waals surface area contributed by atoms with Crippen LogP contribution in [0.4, 0.5) is 5.69 Å². The molecule has 3 N–H and O–H groups in total. The Morgan fingerprint density at radius 3 is 2.35 bits per heavy atom. The van der Waals surface area contributed by atoms with Crippen LogP contribution in [0.15, 0.2) is 24.3 Å². The van der Waals surface area contributed by atoms with Gasteiger partial charge in [0.1, 0.15) is 6.10 Å². The summed E-state index contributed by atoms with van der Waals surface area (Å²) < 4.78 is 5.17. The molecule has 0 spiro atoms. The topological polar surface area (TPSA) is 73.2 Å². The van der Waals surface area contributed by atoms with Crippen LogP contribution in [0.2, 0.25) is 0 Å². The number of nitrogens with zero attached hydrogens (tertiary/aromatic N) is 1. The second-order valence-corrected chi connectivity index (χ2v) is 4.21. The fourth-order valence-corrected chi connectivity index (χ4v) is 2.06. The summed E-state index contributed by atoms with van der Waals surface area (Å²) in [7, 11) is 0.141. The largest absolute Gasteiger partial charge is 0.488 e. The molecule has 0 amide bonds. The van der Waals surface area contributed by atoms with Gasteiger partial charge in [-0.15, -0.1) is 0 Å². The minimum absolute atomic E-state index is 0.168. The Labute approximate surface area is 100 Å². The van der Waals surface area contributed by atoms with Gasteiger partial charge in [0.2, 0.25) is 0 Å². The quantitative estimate of drug-likeness (QED) is 0.561. The van der Waals surface area contributed by atoms with Crippen molar-refractivity contribution < 1.29 is 19.9 Å². The molecule has 1 aliphatic heterocycles. The zero-order valence-corrected chi connectivity index (χ0v) is 9.65. The first-order chi connectivity index (χ1) is 8.11. The molecule has 92 valence electrons. The van der Waals surface area contributed by atoms with E-state index in [0.717, 1.165) is 5.69 Å². The molecule has 1 aliphatic rings. The SMILES string of the molecule is CO[C@H]1CN(c2ccc(B(O)O)cc2)C[C@@H]1O. The van der Waals surface area contributed by atoms with Gasteiger partial charge in [-0.3, -0.25) is 0 Å². The van der Waals surface area contributed by atoms with Crippen LogP contribution in [0.3, 0.4) is 0 Å². The Bertz CT molecular complexity index is 370. The molecule has 0 bridgehead atoms. The third-order valence-corrected chi connectivity index (χ3v) is 3.10. The van der Waals surface area contributed by atoms with Crippen molar-refractivity contribution >= 4 is 18.3 Å². The molecule has 17 heavy (non-hydrogen) atoms. The van der Waals surface area contributed by atoms with E-state index in [1.165, 1.54) is 0 Å². The lowest BCUT2D eigenvalue weighted by atomic mass is 9.80. The molecular weight excluding hydrogens is 221 g/mol. The van der Waals surface area contributed by atoms with E-state index in [1.807, 2.05) is 4.90 Å². The van der Waals surface area contributed by atoms with Gasteiger partial charge in [-0.1, -0.05) is 12.1 Å². The summed E-state index contributed by atoms with van der Waals surface area (Å²) in [4.78, 5) is 2.01. The third-order valence-electron chi connectivity index (χ3n) is 3.10. The van der Waals surface area contributed by atoms with Crippen molar-refractivity contribution in [2.24, 2.45) is 0 Å². The molecule has 2 rings (SSSR count). The Balaban J connectivity index is 2.08. The molecule has 0 unspecified atom stereocenters. The van der Waals surface area contributed by atoms with Crippen molar-refractivity contribution in [3.8, 4) is 0 Å². The lowest BCUT2D eigenvalue weighted by molar-refractivity contribution is 0.0217. The number of aliphatic hydroxyl groups excluding tert-OH is 1. The maximum absolute atomic E-state index is 9.72. The number of hydrogen-bond donors (Lipinski definition) is 3. The number of β-amino-alcohol motifs (C(OH)–C–C–N with tert-alkyl or cyclic N) is 1. The highest BCUT2D eigenvalue weighted by Gasteiger charge is 2.31. The Hall–Kier alpha value is -1.08. The number of anilines is 1. The van der Waals surface area contributed by atoms with Crippen LogP contribution in [0, 0.1) is 0 Å². The van der Waals surface area contributed by atoms with Gasteiger partial charge < -0.3 is 24.8 Å². The van der Waals surface area contributed by atoms with Gasteiger partial charge in [0.15, 0.2) is 0 Å². The number of hydrogen-bond acceptors (Lipinski definition) is 5. The van der Waals surface area contributed by atoms with Gasteiger partial charge in [0.25, 0.3) is 0 Å². The fourth-order valence-electron chi connectivity index (χ4n) is 2.06. The predicted octanol–water partition coefficient (Wildman–Crippen LogP) is -1.44. The minimum Gasteiger partial charge on any atom is -0.423 e. The first-order valence-electron chi connectivity index (χ1n) is 5.53. The molecule has 1 fully saturated rings. The molecule has 1 heterocycles. The van der Waals surface area contributed by atoms with E-state index >= 15 is 0 Å². The van der Waals surface area contributed by atoms with E-state index in [4.69, 9.17) is 14.8 Å². The fraction of sp³-hybridized carbons (Fsp3) is 0.455. The lowest BCUT2D eigenvalue weighted by Gasteiger charge is -2.18. The second kappa shape index (κ2) is 5.06. The highest BCUT2D eigenvalue weighted by Crippen LogP contribution is 2.21. The van der Waals surface area contributed by atoms with Crippen LogP contribution in [-0.4, -0.2) is 54.7 Å². The van der Waals surface area contributed by atoms with Crippen LogP contribution in [0.5, 0.6) is 0 Å². The van der Waals surface area contributed by atoms with Crippen LogP contribution >= 0.6 is 0 Å². The average molecular weight is 237 g/mol. The van der Waals surface area contributed by atoms with E-state index < -0.39 is 13.2 Å². The van der Waals surface area contributed by atoms with Crippen molar-refractivity contribution in [1.82, 2.24) is 0 Å². The summed E-state index contributed by atoms with van der Waals surface area (Å²) in [6.45, 7) is 1.16. The van der Waals surface area contributed by atoms with Crippen molar-refractivity contribution in [3.63, 3.8) is 0 Å². The molecule has 2 atom stereocenters. The Morgan fingerprint density at radius 2 is 1.88 bits per heavy atom. The summed E-state index contributed by atoms with van der Waals surface area (Å²) >= 11 is 0. The van der Waals surface area contributed by atoms with Crippen LogP contribution < -0.4 is 10.4 Å². The maximum atomic E-state index is 9.72. The van der Waals surface area contributed by atoms with Gasteiger partial charge in [-0.05, 0) is 17.6 Å². The highest BCUT2D eigenvalue weighted by atomic mass is 16.5. The molecule has 0 aliphatic carbocycles. The van der Waals surface area contributed by atoms with Gasteiger partial charge in [-0.2, -0.15) is 0 Å². The van der Waals surface area contributed by atoms with Gasteiger partial charge in [0.05, 0.1) is 6.10 Å². The van der Waals surface area contributed by atoms with Crippen LogP contribution in [0.1, 0.15) is 0 Å². The van der Waals surface area contributed by atoms with Gasteiger partial charge in [0, 0.05) is 25.9 Å². The number of ether oxygens (including phenoxy) is 1. The number of aliphatic hydroxyl groups is 1. The lowest BCUT2D eigenvalue weighted by Crippen LogP contribution is -2.30. The normalized spacial score (nSPS) is 24.1. The average Bonchev–Trinajstić information content (AvgIpc) is 2.70. The summed E-state index contributed by atoms with van der Waals surface area (Å²) in [5, 5.41) is 27.7. The van der Waals surface area contributed by atoms with Crippen molar-refractivity contribution in [2.45, 2.75) is 12.2 Å². The van der Waals surface area contributed by atoms with Gasteiger partial charge in [-0.25, -0.2) is 0 Å². The molecular formula is C11H16BNO4. The van der Waals surface area contributed by atoms with Crippen LogP contribution in [0.25, 0.3) is 0 Å². The highest BCUT2D eigenvalue weighted by molar-refractivity contribution is 6.58. The van der Waals surface area contributed by atoms with Crippen molar-refractivity contribution in [2.75, 3.05) is 25.1 Å². The summed E-state index contributed by atoms with van der Waals surface area (Å²) in [5.41, 5.74) is 1.39. The zero-order valence-electron chi connectivity index (χ0n) is 9.65. The predicted molar refractivity (Wildman–Crippen MR) is 65.3 cm³/mol. The minimum atomic E-state index is -1.44. The Kier molecular flexibility index (Phi) is 3.68. The third kappa shape index (κ3) is 2.61. The maximum Gasteiger partial charge on any atom is 0.488 e. The van der Waals surface area contributed by atoms with E-state index in [0.29, 0.717) is 18.6 Å². The standard InChI is InChI=1S/C11H16BNO4/c1-17-11-7-13(6-10(11)14)9-4-2-8(3-5-9)12(15)16/h2-5,10-11,14-16H,6-7H2,1H3/t10-,11-/m0/s1. The first-order valence-corrected chi connectivity index (χ1v) is 5.53. The summed E-state index contributed by atoms with van der Waals surface area (Å²) in [5.74, 6) is 0. The number of benzene rings is 1. The molecule has 0 aromatic heterocycles. The van der Waals surface area contributed by atoms with E-state index in [-0.39, 0.29) is 6.10 Å². The Morgan fingerprint density at radius 1 is 1.24 bits per heavy atom. The van der Waals surface area contributed by atoms with Gasteiger partial charge >= 0.3 is 7.12 Å². The zero-order chi connectivity index (χ0) is 12.4. The second-order valence-electron chi connectivity index (χ2n) is 4.21. The molecule has 6 heteroatoms. The smallest absolute Gasteiger partial charge is 0.423 e. The molecule has 5 nitrogen and oxygen atoms in total. The summed E-state index contributed by atoms with van der Waals surface area (Å²) in [6.07, 6.45) is -0.652. The molecule has 1 aromatic rings. The van der Waals surface area contributed by atoms with E-state index in [1.54, 1.807) is 31.4 Å². The van der Waals surface area contributed by atoms with Crippen molar-refractivity contribution in [3.05, 3.63) is 24.3 Å². The number of methoxy groups -OCH3 is 1. The van der Waals surface area contributed by atoms with E-state index in [9.17, 15) is 5.11 Å². The van der Waals surface area contributed by atoms with Crippen molar-refractivity contribution in [1.29, 1.82) is 0 Å². The first kappa shape index (κ1) is 12.4. The summed E-state index contributed by atoms with van der Waals surface area (Å²) in [6, 6.07) is 6.93.